The van der Waals surface area contributed by atoms with Crippen molar-refractivity contribution in [3.63, 3.8) is 0 Å². The number of methoxy groups -OCH3 is 1. The first-order chi connectivity index (χ1) is 17.3. The number of carbonyl (C=O) groups excluding carboxylic acids is 1. The highest BCUT2D eigenvalue weighted by Crippen LogP contribution is 2.35. The molecule has 3 heterocycles. The molecule has 1 saturated carbocycles. The zero-order valence-corrected chi connectivity index (χ0v) is 20.5. The Bertz CT molecular complexity index is 1010. The van der Waals surface area contributed by atoms with Crippen molar-refractivity contribution in [3.8, 4) is 11.8 Å². The third-order valence-electron chi connectivity index (χ3n) is 6.97. The summed E-state index contributed by atoms with van der Waals surface area (Å²) in [6, 6.07) is 5.04. The molecule has 1 fully saturated rings. The van der Waals surface area contributed by atoms with Gasteiger partial charge in [0.25, 0.3) is 12.3 Å². The number of rotatable bonds is 10. The molecule has 0 bridgehead atoms. The van der Waals surface area contributed by atoms with Crippen LogP contribution < -0.4 is 14.8 Å². The van der Waals surface area contributed by atoms with Crippen molar-refractivity contribution in [1.29, 1.82) is 0 Å². The second-order valence-electron chi connectivity index (χ2n) is 9.55. The molecule has 198 valence electrons. The largest absolute Gasteiger partial charge is 0.479 e. The number of ether oxygens (including phenoxy) is 2. The molecule has 0 aromatic carbocycles. The Morgan fingerprint density at radius 2 is 2.03 bits per heavy atom. The van der Waals surface area contributed by atoms with Gasteiger partial charge in [0.1, 0.15) is 11.4 Å². The number of fused-ring (bicyclic) bond motifs is 1. The van der Waals surface area contributed by atoms with E-state index in [1.807, 2.05) is 6.07 Å². The number of nitrogens with one attached hydrogen (secondary N) is 1. The quantitative estimate of drug-likeness (QED) is 0.523. The minimum atomic E-state index is -2.54. The standard InChI is InChI=1S/C25H33F3N4O4/c1-34-24-15-19(36-31-24)14-22(33)29-18-4-8-25(28,9-5-18)10-13-32-11-6-17-2-3-23(35-16-21(26)27)30-20(17)7-12-32/h2-3,15,18,21H,4-14,16H2,1H3,(H,29,33). The smallest absolute Gasteiger partial charge is 0.272 e. The van der Waals surface area contributed by atoms with Crippen LogP contribution in [-0.2, 0) is 24.1 Å². The SMILES string of the molecule is COc1cc(CC(=O)NC2CCC(F)(CCN3CCc4ccc(OCC(F)F)nc4CC3)CC2)on1. The third-order valence-corrected chi connectivity index (χ3v) is 6.97. The average Bonchev–Trinajstić information content (AvgIpc) is 3.21. The summed E-state index contributed by atoms with van der Waals surface area (Å²) in [4.78, 5) is 18.9. The van der Waals surface area contributed by atoms with Crippen molar-refractivity contribution < 1.29 is 32.0 Å². The lowest BCUT2D eigenvalue weighted by Crippen LogP contribution is -2.43. The average molecular weight is 511 g/mol. The first-order valence-corrected chi connectivity index (χ1v) is 12.4. The second-order valence-corrected chi connectivity index (χ2v) is 9.55. The number of aromatic nitrogens is 2. The lowest BCUT2D eigenvalue weighted by Gasteiger charge is -2.35. The summed E-state index contributed by atoms with van der Waals surface area (Å²) in [5, 5.41) is 6.65. The van der Waals surface area contributed by atoms with Gasteiger partial charge in [0, 0.05) is 49.9 Å². The van der Waals surface area contributed by atoms with Crippen molar-refractivity contribution >= 4 is 5.91 Å². The third kappa shape index (κ3) is 7.35. The Morgan fingerprint density at radius 1 is 1.25 bits per heavy atom. The summed E-state index contributed by atoms with van der Waals surface area (Å²) in [6.45, 7) is 1.51. The Morgan fingerprint density at radius 3 is 2.75 bits per heavy atom. The molecule has 0 atom stereocenters. The summed E-state index contributed by atoms with van der Waals surface area (Å²) < 4.78 is 55.4. The van der Waals surface area contributed by atoms with Crippen molar-refractivity contribution in [3.05, 3.63) is 35.2 Å². The van der Waals surface area contributed by atoms with Gasteiger partial charge in [0.05, 0.1) is 13.5 Å². The van der Waals surface area contributed by atoms with Gasteiger partial charge in [-0.2, -0.15) is 0 Å². The van der Waals surface area contributed by atoms with Crippen LogP contribution in [0, 0.1) is 0 Å². The van der Waals surface area contributed by atoms with Gasteiger partial charge in [-0.05, 0) is 49.2 Å². The number of carbonyl (C=O) groups is 1. The van der Waals surface area contributed by atoms with Gasteiger partial charge in [-0.1, -0.05) is 6.07 Å². The van der Waals surface area contributed by atoms with Crippen LogP contribution in [0.5, 0.6) is 11.8 Å². The molecule has 2 aromatic heterocycles. The molecule has 1 aliphatic heterocycles. The van der Waals surface area contributed by atoms with Gasteiger partial charge in [-0.25, -0.2) is 18.2 Å². The van der Waals surface area contributed by atoms with Gasteiger partial charge in [0.2, 0.25) is 11.8 Å². The number of amides is 1. The van der Waals surface area contributed by atoms with Crippen LogP contribution in [0.25, 0.3) is 0 Å². The Balaban J connectivity index is 1.19. The fraction of sp³-hybridized carbons (Fsp3) is 0.640. The number of halogens is 3. The fourth-order valence-electron chi connectivity index (χ4n) is 4.86. The molecule has 1 aliphatic carbocycles. The molecular formula is C25H33F3N4O4. The number of nitrogens with zero attached hydrogens (tertiary/aromatic N) is 3. The maximum Gasteiger partial charge on any atom is 0.272 e. The molecule has 0 spiro atoms. The predicted molar refractivity (Wildman–Crippen MR) is 125 cm³/mol. The molecule has 2 aromatic rings. The Labute approximate surface area is 208 Å². The number of pyridine rings is 1. The predicted octanol–water partition coefficient (Wildman–Crippen LogP) is 3.52. The van der Waals surface area contributed by atoms with E-state index in [0.717, 1.165) is 30.8 Å². The van der Waals surface area contributed by atoms with Crippen LogP contribution >= 0.6 is 0 Å². The maximum absolute atomic E-state index is 15.5. The van der Waals surface area contributed by atoms with E-state index in [9.17, 15) is 13.6 Å². The van der Waals surface area contributed by atoms with E-state index >= 15 is 4.39 Å². The van der Waals surface area contributed by atoms with Gasteiger partial charge < -0.3 is 24.2 Å². The van der Waals surface area contributed by atoms with Crippen molar-refractivity contribution in [1.82, 2.24) is 20.4 Å². The van der Waals surface area contributed by atoms with Gasteiger partial charge in [-0.15, -0.1) is 0 Å². The van der Waals surface area contributed by atoms with Crippen LogP contribution in [-0.4, -0.2) is 72.4 Å². The van der Waals surface area contributed by atoms with E-state index in [-0.39, 0.29) is 24.2 Å². The molecule has 8 nitrogen and oxygen atoms in total. The molecule has 0 unspecified atom stereocenters. The van der Waals surface area contributed by atoms with E-state index in [1.165, 1.54) is 7.11 Å². The normalized spacial score (nSPS) is 22.6. The van der Waals surface area contributed by atoms with Crippen LogP contribution in [0.15, 0.2) is 22.7 Å². The second kappa shape index (κ2) is 11.9. The molecule has 0 radical (unpaired) electrons. The molecule has 11 heteroatoms. The van der Waals surface area contributed by atoms with Crippen LogP contribution in [0.4, 0.5) is 13.2 Å². The summed E-state index contributed by atoms with van der Waals surface area (Å²) in [5.41, 5.74) is 0.698. The molecule has 2 aliphatic rings. The Kier molecular flexibility index (Phi) is 8.71. The molecule has 1 amide bonds. The fourth-order valence-corrected chi connectivity index (χ4v) is 4.86. The van der Waals surface area contributed by atoms with Crippen LogP contribution in [0.3, 0.4) is 0 Å². The van der Waals surface area contributed by atoms with Crippen molar-refractivity contribution in [2.75, 3.05) is 33.4 Å². The minimum absolute atomic E-state index is 0.0496. The zero-order valence-electron chi connectivity index (χ0n) is 20.5. The maximum atomic E-state index is 15.5. The summed E-state index contributed by atoms with van der Waals surface area (Å²) in [7, 11) is 1.47. The monoisotopic (exact) mass is 510 g/mol. The lowest BCUT2D eigenvalue weighted by atomic mass is 9.81. The molecule has 4 rings (SSSR count). The highest BCUT2D eigenvalue weighted by molar-refractivity contribution is 5.78. The van der Waals surface area contributed by atoms with Gasteiger partial charge in [-0.3, -0.25) is 4.79 Å². The highest BCUT2D eigenvalue weighted by atomic mass is 19.3. The van der Waals surface area contributed by atoms with E-state index in [4.69, 9.17) is 14.0 Å². The first-order valence-electron chi connectivity index (χ1n) is 12.4. The van der Waals surface area contributed by atoms with Crippen molar-refractivity contribution in [2.24, 2.45) is 0 Å². The number of hydrogen-bond donors (Lipinski definition) is 1. The topological polar surface area (TPSA) is 89.7 Å². The van der Waals surface area contributed by atoms with Crippen LogP contribution in [0.1, 0.15) is 49.1 Å². The Hall–Kier alpha value is -2.82. The number of alkyl halides is 3. The molecule has 1 N–H and O–H groups in total. The highest BCUT2D eigenvalue weighted by Gasteiger charge is 2.36. The van der Waals surface area contributed by atoms with E-state index < -0.39 is 18.7 Å². The van der Waals surface area contributed by atoms with Gasteiger partial charge in [0.15, 0.2) is 6.61 Å². The van der Waals surface area contributed by atoms with E-state index in [0.29, 0.717) is 56.7 Å². The molecular weight excluding hydrogens is 477 g/mol. The van der Waals surface area contributed by atoms with E-state index in [1.54, 1.807) is 12.1 Å². The molecule has 36 heavy (non-hydrogen) atoms. The summed E-state index contributed by atoms with van der Waals surface area (Å²) in [5.74, 6) is 0.790. The zero-order chi connectivity index (χ0) is 25.5. The summed E-state index contributed by atoms with van der Waals surface area (Å²) in [6.07, 6.45) is 1.44. The van der Waals surface area contributed by atoms with E-state index in [2.05, 4.69) is 20.4 Å². The minimum Gasteiger partial charge on any atom is -0.479 e. The number of hydrogen-bond acceptors (Lipinski definition) is 7. The van der Waals surface area contributed by atoms with Crippen molar-refractivity contribution in [2.45, 2.75) is 69.5 Å². The lowest BCUT2D eigenvalue weighted by molar-refractivity contribution is -0.121. The molecule has 0 saturated heterocycles. The van der Waals surface area contributed by atoms with Crippen LogP contribution in [0.2, 0.25) is 0 Å². The summed E-state index contributed by atoms with van der Waals surface area (Å²) >= 11 is 0. The van der Waals surface area contributed by atoms with Gasteiger partial charge >= 0.3 is 0 Å². The first kappa shape index (κ1) is 26.2.